The Hall–Kier alpha value is -1.91. The van der Waals surface area contributed by atoms with Crippen molar-refractivity contribution in [1.82, 2.24) is 0 Å². The van der Waals surface area contributed by atoms with Crippen LogP contribution in [0.1, 0.15) is 47.0 Å². The molecule has 5 heteroatoms. The van der Waals surface area contributed by atoms with Crippen molar-refractivity contribution in [2.24, 2.45) is 5.92 Å². The van der Waals surface area contributed by atoms with Gasteiger partial charge in [-0.15, -0.1) is 0 Å². The van der Waals surface area contributed by atoms with Crippen molar-refractivity contribution in [2.45, 2.75) is 58.6 Å². The van der Waals surface area contributed by atoms with Crippen LogP contribution in [0, 0.1) is 5.92 Å². The molecule has 0 spiro atoms. The average molecular weight is 320 g/mol. The highest BCUT2D eigenvalue weighted by Gasteiger charge is 2.30. The summed E-state index contributed by atoms with van der Waals surface area (Å²) in [6, 6.07) is 6.00. The van der Waals surface area contributed by atoms with Gasteiger partial charge in [-0.2, -0.15) is 0 Å². The number of amides is 1. The first-order valence-electron chi connectivity index (χ1n) is 8.27. The molecular weight excluding hydrogens is 292 g/mol. The van der Waals surface area contributed by atoms with E-state index < -0.39 is 11.7 Å². The Morgan fingerprint density at radius 1 is 1.30 bits per heavy atom. The zero-order valence-electron chi connectivity index (χ0n) is 14.7. The molecule has 0 heterocycles. The van der Waals surface area contributed by atoms with Gasteiger partial charge in [0.25, 0.3) is 0 Å². The van der Waals surface area contributed by atoms with Crippen LogP contribution in [-0.2, 0) is 4.74 Å². The van der Waals surface area contributed by atoms with Crippen molar-refractivity contribution in [2.75, 3.05) is 17.7 Å². The van der Waals surface area contributed by atoms with Crippen LogP contribution >= 0.6 is 0 Å². The number of nitrogens with one attached hydrogen (secondary N) is 2. The van der Waals surface area contributed by atoms with Gasteiger partial charge in [-0.05, 0) is 58.1 Å². The predicted molar refractivity (Wildman–Crippen MR) is 93.3 cm³/mol. The number of carbonyl (C=O) groups is 1. The van der Waals surface area contributed by atoms with E-state index in [-0.39, 0.29) is 0 Å². The summed E-state index contributed by atoms with van der Waals surface area (Å²) in [7, 11) is 1.64. The van der Waals surface area contributed by atoms with Gasteiger partial charge in [0.05, 0.1) is 18.5 Å². The van der Waals surface area contributed by atoms with Gasteiger partial charge in [-0.3, -0.25) is 5.32 Å². The maximum absolute atomic E-state index is 12.0. The second-order valence-electron chi connectivity index (χ2n) is 7.03. The fourth-order valence-corrected chi connectivity index (χ4v) is 2.54. The van der Waals surface area contributed by atoms with Crippen molar-refractivity contribution in [3.63, 3.8) is 0 Å². The molecule has 5 nitrogen and oxygen atoms in total. The topological polar surface area (TPSA) is 59.6 Å². The summed E-state index contributed by atoms with van der Waals surface area (Å²) in [4.78, 5) is 12.0. The Labute approximate surface area is 138 Å². The first kappa shape index (κ1) is 17.4. The molecule has 0 aromatic heterocycles. The predicted octanol–water partition coefficient (Wildman–Crippen LogP) is 4.64. The molecule has 1 aromatic rings. The fourth-order valence-electron chi connectivity index (χ4n) is 2.54. The molecule has 0 radical (unpaired) electrons. The van der Waals surface area contributed by atoms with Crippen LogP contribution in [0.4, 0.5) is 16.2 Å². The van der Waals surface area contributed by atoms with Crippen molar-refractivity contribution in [1.29, 1.82) is 0 Å². The minimum atomic E-state index is -0.524. The number of rotatable bonds is 6. The van der Waals surface area contributed by atoms with Crippen molar-refractivity contribution < 1.29 is 14.3 Å². The maximum Gasteiger partial charge on any atom is 0.412 e. The molecule has 1 aliphatic carbocycles. The number of carbonyl (C=O) groups excluding carboxylic acids is 1. The lowest BCUT2D eigenvalue weighted by molar-refractivity contribution is 0.0636. The zero-order chi connectivity index (χ0) is 17.0. The number of benzene rings is 1. The van der Waals surface area contributed by atoms with Crippen molar-refractivity contribution in [3.8, 4) is 5.75 Å². The van der Waals surface area contributed by atoms with E-state index in [0.29, 0.717) is 11.7 Å². The lowest BCUT2D eigenvalue weighted by Gasteiger charge is -2.23. The number of hydrogen-bond donors (Lipinski definition) is 2. The molecule has 128 valence electrons. The molecular formula is C18H28N2O3. The number of methoxy groups -OCH3 is 1. The Bertz CT molecular complexity index is 548. The molecule has 1 saturated carbocycles. The van der Waals surface area contributed by atoms with E-state index in [1.165, 1.54) is 12.8 Å². The van der Waals surface area contributed by atoms with Gasteiger partial charge in [0.2, 0.25) is 0 Å². The highest BCUT2D eigenvalue weighted by atomic mass is 16.6. The van der Waals surface area contributed by atoms with Gasteiger partial charge in [0.1, 0.15) is 11.4 Å². The normalized spacial score (nSPS) is 15.7. The van der Waals surface area contributed by atoms with Crippen LogP contribution in [-0.4, -0.2) is 24.8 Å². The van der Waals surface area contributed by atoms with Crippen LogP contribution in [0.3, 0.4) is 0 Å². The lowest BCUT2D eigenvalue weighted by Crippen LogP contribution is -2.28. The molecule has 2 N–H and O–H groups in total. The molecule has 1 unspecified atom stereocenters. The van der Waals surface area contributed by atoms with E-state index in [9.17, 15) is 4.79 Å². The fraction of sp³-hybridized carbons (Fsp3) is 0.611. The van der Waals surface area contributed by atoms with E-state index in [0.717, 1.165) is 23.8 Å². The Kier molecular flexibility index (Phi) is 5.39. The highest BCUT2D eigenvalue weighted by molar-refractivity contribution is 5.90. The SMILES string of the molecule is CCC(Nc1cc(OC)ccc1NC(=O)OC(C)(C)C)C1CC1. The van der Waals surface area contributed by atoms with Crippen LogP contribution in [0.5, 0.6) is 5.75 Å². The first-order chi connectivity index (χ1) is 10.8. The molecule has 1 aliphatic rings. The van der Waals surface area contributed by atoms with Gasteiger partial charge >= 0.3 is 6.09 Å². The second kappa shape index (κ2) is 7.11. The molecule has 1 amide bonds. The molecule has 1 atom stereocenters. The van der Waals surface area contributed by atoms with Crippen molar-refractivity contribution in [3.05, 3.63) is 18.2 Å². The second-order valence-corrected chi connectivity index (χ2v) is 7.03. The van der Waals surface area contributed by atoms with E-state index in [2.05, 4.69) is 17.6 Å². The monoisotopic (exact) mass is 320 g/mol. The third kappa shape index (κ3) is 5.34. The largest absolute Gasteiger partial charge is 0.497 e. The molecule has 0 saturated heterocycles. The Morgan fingerprint density at radius 2 is 2.00 bits per heavy atom. The summed E-state index contributed by atoms with van der Waals surface area (Å²) in [6.07, 6.45) is 3.13. The highest BCUT2D eigenvalue weighted by Crippen LogP contribution is 2.37. The molecule has 1 aromatic carbocycles. The van der Waals surface area contributed by atoms with E-state index in [4.69, 9.17) is 9.47 Å². The summed E-state index contributed by atoms with van der Waals surface area (Å²) >= 11 is 0. The number of anilines is 2. The molecule has 0 aliphatic heterocycles. The Balaban J connectivity index is 2.15. The zero-order valence-corrected chi connectivity index (χ0v) is 14.7. The summed E-state index contributed by atoms with van der Waals surface area (Å²) in [5.41, 5.74) is 1.05. The quantitative estimate of drug-likeness (QED) is 0.801. The standard InChI is InChI=1S/C18H28N2O3/c1-6-14(12-7-8-12)19-16-11-13(22-5)9-10-15(16)20-17(21)23-18(2,3)4/h9-12,14,19H,6-8H2,1-5H3,(H,20,21). The van der Waals surface area contributed by atoms with Crippen LogP contribution < -0.4 is 15.4 Å². The Morgan fingerprint density at radius 3 is 2.52 bits per heavy atom. The number of ether oxygens (including phenoxy) is 2. The third-order valence-corrected chi connectivity index (χ3v) is 3.83. The molecule has 0 bridgehead atoms. The smallest absolute Gasteiger partial charge is 0.412 e. The van der Waals surface area contributed by atoms with Gasteiger partial charge < -0.3 is 14.8 Å². The summed E-state index contributed by atoms with van der Waals surface area (Å²) < 4.78 is 10.6. The van der Waals surface area contributed by atoms with E-state index >= 15 is 0 Å². The van der Waals surface area contributed by atoms with Crippen LogP contribution in [0.15, 0.2) is 18.2 Å². The average Bonchev–Trinajstić information content (AvgIpc) is 3.28. The van der Waals surface area contributed by atoms with E-state index in [1.807, 2.05) is 39.0 Å². The van der Waals surface area contributed by atoms with Crippen LogP contribution in [0.25, 0.3) is 0 Å². The summed E-state index contributed by atoms with van der Waals surface area (Å²) in [5.74, 6) is 1.48. The van der Waals surface area contributed by atoms with Gasteiger partial charge in [0.15, 0.2) is 0 Å². The minimum Gasteiger partial charge on any atom is -0.497 e. The number of hydrogen-bond acceptors (Lipinski definition) is 4. The van der Waals surface area contributed by atoms with Gasteiger partial charge in [-0.1, -0.05) is 6.92 Å². The van der Waals surface area contributed by atoms with Gasteiger partial charge in [0, 0.05) is 12.1 Å². The minimum absolute atomic E-state index is 0.418. The van der Waals surface area contributed by atoms with Gasteiger partial charge in [-0.25, -0.2) is 4.79 Å². The molecule has 2 rings (SSSR count). The van der Waals surface area contributed by atoms with E-state index in [1.54, 1.807) is 7.11 Å². The first-order valence-corrected chi connectivity index (χ1v) is 8.27. The maximum atomic E-state index is 12.0. The molecule has 1 fully saturated rings. The lowest BCUT2D eigenvalue weighted by atomic mass is 10.1. The summed E-state index contributed by atoms with van der Waals surface area (Å²) in [5, 5.41) is 6.38. The summed E-state index contributed by atoms with van der Waals surface area (Å²) in [6.45, 7) is 7.72. The molecule has 23 heavy (non-hydrogen) atoms. The van der Waals surface area contributed by atoms with Crippen LogP contribution in [0.2, 0.25) is 0 Å². The third-order valence-electron chi connectivity index (χ3n) is 3.83. The van der Waals surface area contributed by atoms with Crippen molar-refractivity contribution >= 4 is 17.5 Å².